The minimum absolute atomic E-state index is 0.00563. The Kier molecular flexibility index (Phi) is 7.54. The molecular formula is C31H36N4O2. The molecule has 3 heterocycles. The zero-order valence-corrected chi connectivity index (χ0v) is 21.9. The van der Waals surface area contributed by atoms with E-state index in [1.165, 1.54) is 16.7 Å². The van der Waals surface area contributed by atoms with Crippen LogP contribution in [0.1, 0.15) is 47.9 Å². The quantitative estimate of drug-likeness (QED) is 0.447. The molecule has 0 radical (unpaired) electrons. The van der Waals surface area contributed by atoms with Crippen LogP contribution in [0.2, 0.25) is 0 Å². The van der Waals surface area contributed by atoms with Crippen molar-refractivity contribution >= 4 is 17.9 Å². The van der Waals surface area contributed by atoms with E-state index in [1.807, 2.05) is 45.0 Å². The monoisotopic (exact) mass is 496 g/mol. The van der Waals surface area contributed by atoms with Crippen LogP contribution in [-0.2, 0) is 16.1 Å². The van der Waals surface area contributed by atoms with Gasteiger partial charge < -0.3 is 9.80 Å². The SMILES string of the molecule is Cc1ccc(-c2nn(Cc3ccccc3)cc2/C=C/C(=O)N2CCC(C(=O)N3CCCC3)CC2)cc1C. The van der Waals surface area contributed by atoms with E-state index < -0.39 is 0 Å². The van der Waals surface area contributed by atoms with Crippen molar-refractivity contribution in [2.45, 2.75) is 46.1 Å². The van der Waals surface area contributed by atoms with E-state index >= 15 is 0 Å². The Morgan fingerprint density at radius 2 is 1.65 bits per heavy atom. The second-order valence-corrected chi connectivity index (χ2v) is 10.4. The van der Waals surface area contributed by atoms with Gasteiger partial charge in [-0.3, -0.25) is 14.3 Å². The van der Waals surface area contributed by atoms with Crippen molar-refractivity contribution in [3.8, 4) is 11.3 Å². The zero-order valence-electron chi connectivity index (χ0n) is 21.9. The molecule has 2 amide bonds. The zero-order chi connectivity index (χ0) is 25.8. The number of piperidine rings is 1. The highest BCUT2D eigenvalue weighted by atomic mass is 16.2. The summed E-state index contributed by atoms with van der Waals surface area (Å²) in [6.45, 7) is 7.92. The van der Waals surface area contributed by atoms with Gasteiger partial charge in [0.05, 0.1) is 12.2 Å². The first-order valence-electron chi connectivity index (χ1n) is 13.4. The first kappa shape index (κ1) is 25.0. The summed E-state index contributed by atoms with van der Waals surface area (Å²) in [5, 5.41) is 4.90. The summed E-state index contributed by atoms with van der Waals surface area (Å²) in [6.07, 6.45) is 9.29. The number of likely N-dealkylation sites (tertiary alicyclic amines) is 2. The van der Waals surface area contributed by atoms with E-state index in [-0.39, 0.29) is 17.7 Å². The maximum atomic E-state index is 13.1. The van der Waals surface area contributed by atoms with Gasteiger partial charge in [-0.1, -0.05) is 42.5 Å². The van der Waals surface area contributed by atoms with Gasteiger partial charge in [0, 0.05) is 55.5 Å². The molecule has 6 heteroatoms. The topological polar surface area (TPSA) is 58.4 Å². The van der Waals surface area contributed by atoms with Crippen LogP contribution in [0, 0.1) is 19.8 Å². The maximum Gasteiger partial charge on any atom is 0.246 e. The molecule has 5 rings (SSSR count). The Morgan fingerprint density at radius 3 is 2.35 bits per heavy atom. The summed E-state index contributed by atoms with van der Waals surface area (Å²) in [7, 11) is 0. The molecule has 0 atom stereocenters. The van der Waals surface area contributed by atoms with Crippen LogP contribution < -0.4 is 0 Å². The summed E-state index contributed by atoms with van der Waals surface area (Å²) in [5.41, 5.74) is 6.47. The van der Waals surface area contributed by atoms with Crippen LogP contribution in [-0.4, -0.2) is 57.6 Å². The number of carbonyl (C=O) groups excluding carboxylic acids is 2. The van der Waals surface area contributed by atoms with Crippen molar-refractivity contribution in [2.24, 2.45) is 5.92 Å². The number of aromatic nitrogens is 2. The Balaban J connectivity index is 1.30. The fourth-order valence-electron chi connectivity index (χ4n) is 5.33. The third-order valence-electron chi connectivity index (χ3n) is 7.74. The first-order valence-corrected chi connectivity index (χ1v) is 13.4. The average Bonchev–Trinajstić information content (AvgIpc) is 3.60. The van der Waals surface area contributed by atoms with Crippen molar-refractivity contribution in [3.05, 3.63) is 83.1 Å². The molecule has 0 unspecified atom stereocenters. The van der Waals surface area contributed by atoms with E-state index in [2.05, 4.69) is 44.2 Å². The molecule has 2 aliphatic rings. The fraction of sp³-hybridized carbons (Fsp3) is 0.387. The van der Waals surface area contributed by atoms with Crippen LogP contribution >= 0.6 is 0 Å². The molecule has 2 fully saturated rings. The molecule has 0 saturated carbocycles. The van der Waals surface area contributed by atoms with Gasteiger partial charge in [0.15, 0.2) is 0 Å². The summed E-state index contributed by atoms with van der Waals surface area (Å²) >= 11 is 0. The van der Waals surface area contributed by atoms with Crippen LogP contribution in [0.25, 0.3) is 17.3 Å². The van der Waals surface area contributed by atoms with E-state index in [0.29, 0.717) is 19.6 Å². The molecular weight excluding hydrogens is 460 g/mol. The predicted molar refractivity (Wildman–Crippen MR) is 147 cm³/mol. The molecule has 0 aliphatic carbocycles. The minimum atomic E-state index is -0.00563. The normalized spacial score (nSPS) is 16.6. The van der Waals surface area contributed by atoms with E-state index in [1.54, 1.807) is 6.08 Å². The number of nitrogens with zero attached hydrogens (tertiary/aromatic N) is 4. The number of rotatable bonds is 6. The van der Waals surface area contributed by atoms with Gasteiger partial charge in [-0.25, -0.2) is 0 Å². The largest absolute Gasteiger partial charge is 0.342 e. The number of hydrogen-bond donors (Lipinski definition) is 0. The molecule has 2 saturated heterocycles. The van der Waals surface area contributed by atoms with Crippen LogP contribution in [0.4, 0.5) is 0 Å². The van der Waals surface area contributed by atoms with E-state index in [4.69, 9.17) is 5.10 Å². The maximum absolute atomic E-state index is 13.1. The van der Waals surface area contributed by atoms with Crippen LogP contribution in [0.15, 0.2) is 60.8 Å². The van der Waals surface area contributed by atoms with Crippen molar-refractivity contribution in [1.29, 1.82) is 0 Å². The summed E-state index contributed by atoms with van der Waals surface area (Å²) in [6, 6.07) is 16.6. The highest BCUT2D eigenvalue weighted by molar-refractivity contribution is 5.93. The number of hydrogen-bond acceptors (Lipinski definition) is 3. The molecule has 1 aromatic heterocycles. The third-order valence-corrected chi connectivity index (χ3v) is 7.74. The van der Waals surface area contributed by atoms with Gasteiger partial charge in [0.25, 0.3) is 0 Å². The molecule has 2 aromatic carbocycles. The second-order valence-electron chi connectivity index (χ2n) is 10.4. The predicted octanol–water partition coefficient (Wildman–Crippen LogP) is 5.09. The van der Waals surface area contributed by atoms with E-state index in [0.717, 1.165) is 55.6 Å². The fourth-order valence-corrected chi connectivity index (χ4v) is 5.33. The van der Waals surface area contributed by atoms with E-state index in [9.17, 15) is 9.59 Å². The molecule has 37 heavy (non-hydrogen) atoms. The Morgan fingerprint density at radius 1 is 0.919 bits per heavy atom. The number of aryl methyl sites for hydroxylation is 2. The van der Waals surface area contributed by atoms with Gasteiger partial charge in [-0.15, -0.1) is 0 Å². The smallest absolute Gasteiger partial charge is 0.246 e. The van der Waals surface area contributed by atoms with Crippen molar-refractivity contribution < 1.29 is 9.59 Å². The van der Waals surface area contributed by atoms with Crippen LogP contribution in [0.5, 0.6) is 0 Å². The van der Waals surface area contributed by atoms with Crippen molar-refractivity contribution in [3.63, 3.8) is 0 Å². The van der Waals surface area contributed by atoms with Crippen molar-refractivity contribution in [2.75, 3.05) is 26.2 Å². The summed E-state index contributed by atoms with van der Waals surface area (Å²) in [4.78, 5) is 29.7. The number of benzene rings is 2. The lowest BCUT2D eigenvalue weighted by atomic mass is 9.95. The Bertz CT molecular complexity index is 1280. The standard InChI is InChI=1S/C31H36N4O2/c1-23-10-11-27(20-24(23)2)30-28(22-35(32-30)21-25-8-4-3-5-9-25)12-13-29(36)33-18-14-26(15-19-33)31(37)34-16-6-7-17-34/h3-5,8-13,20,22,26H,6-7,14-19,21H2,1-2H3/b13-12+. The highest BCUT2D eigenvalue weighted by Crippen LogP contribution is 2.27. The highest BCUT2D eigenvalue weighted by Gasteiger charge is 2.30. The molecule has 6 nitrogen and oxygen atoms in total. The Labute approximate surface area is 219 Å². The summed E-state index contributed by atoms with van der Waals surface area (Å²) < 4.78 is 1.94. The van der Waals surface area contributed by atoms with Crippen molar-refractivity contribution in [1.82, 2.24) is 19.6 Å². The Hall–Kier alpha value is -3.67. The minimum Gasteiger partial charge on any atom is -0.342 e. The summed E-state index contributed by atoms with van der Waals surface area (Å²) in [5.74, 6) is 0.330. The van der Waals surface area contributed by atoms with Gasteiger partial charge in [0.2, 0.25) is 11.8 Å². The number of carbonyl (C=O) groups is 2. The lowest BCUT2D eigenvalue weighted by Gasteiger charge is -2.32. The molecule has 0 N–H and O–H groups in total. The van der Waals surface area contributed by atoms with Gasteiger partial charge in [-0.05, 0) is 68.4 Å². The lowest BCUT2D eigenvalue weighted by molar-refractivity contribution is -0.138. The van der Waals surface area contributed by atoms with Gasteiger partial charge >= 0.3 is 0 Å². The third kappa shape index (κ3) is 5.85. The average molecular weight is 497 g/mol. The molecule has 3 aromatic rings. The van der Waals surface area contributed by atoms with Gasteiger partial charge in [-0.2, -0.15) is 5.10 Å². The molecule has 0 spiro atoms. The van der Waals surface area contributed by atoms with Gasteiger partial charge in [0.1, 0.15) is 0 Å². The number of amides is 2. The molecule has 0 bridgehead atoms. The second kappa shape index (κ2) is 11.2. The van der Waals surface area contributed by atoms with Crippen LogP contribution in [0.3, 0.4) is 0 Å². The molecule has 192 valence electrons. The lowest BCUT2D eigenvalue weighted by Crippen LogP contribution is -2.43. The first-order chi connectivity index (χ1) is 18.0. The molecule has 2 aliphatic heterocycles.